The van der Waals surface area contributed by atoms with Crippen LogP contribution in [-0.2, 0) is 0 Å². The Bertz CT molecular complexity index is 531. The predicted molar refractivity (Wildman–Crippen MR) is 60.2 cm³/mol. The fourth-order valence-corrected chi connectivity index (χ4v) is 1.34. The van der Waals surface area contributed by atoms with Gasteiger partial charge in [-0.05, 0) is 24.2 Å². The maximum Gasteiger partial charge on any atom is 0.151 e. The van der Waals surface area contributed by atoms with Gasteiger partial charge in [-0.15, -0.1) is 10.2 Å². The van der Waals surface area contributed by atoms with Gasteiger partial charge in [-0.3, -0.25) is 0 Å². The van der Waals surface area contributed by atoms with Gasteiger partial charge in [-0.25, -0.2) is 0 Å². The van der Waals surface area contributed by atoms with Crippen LogP contribution in [0.4, 0.5) is 0 Å². The SMILES string of the molecule is [2H]c1c(Cl)nnc(-c2ccc(Br)cc2)c1[2H]. The summed E-state index contributed by atoms with van der Waals surface area (Å²) in [7, 11) is 0. The maximum absolute atomic E-state index is 7.74. The average molecular weight is 272 g/mol. The third-order valence-corrected chi connectivity index (χ3v) is 2.34. The zero-order valence-corrected chi connectivity index (χ0v) is 9.30. The number of halogens is 2. The van der Waals surface area contributed by atoms with Crippen LogP contribution in [0.25, 0.3) is 11.3 Å². The minimum Gasteiger partial charge on any atom is -0.149 e. The van der Waals surface area contributed by atoms with Crippen molar-refractivity contribution in [3.05, 3.63) is 46.0 Å². The number of benzene rings is 1. The second-order valence-corrected chi connectivity index (χ2v) is 3.87. The molecule has 0 fully saturated rings. The first kappa shape index (κ1) is 7.37. The van der Waals surface area contributed by atoms with Gasteiger partial charge < -0.3 is 0 Å². The Morgan fingerprint density at radius 3 is 2.57 bits per heavy atom. The highest BCUT2D eigenvalue weighted by atomic mass is 79.9. The van der Waals surface area contributed by atoms with Crippen molar-refractivity contribution in [2.75, 3.05) is 0 Å². The number of nitrogens with zero attached hydrogens (tertiary/aromatic N) is 2. The van der Waals surface area contributed by atoms with Crippen LogP contribution >= 0.6 is 27.5 Å². The lowest BCUT2D eigenvalue weighted by Gasteiger charge is -1.99. The molecule has 1 aromatic carbocycles. The second kappa shape index (κ2) is 4.07. The van der Waals surface area contributed by atoms with Crippen LogP contribution in [-0.4, -0.2) is 10.2 Å². The van der Waals surface area contributed by atoms with E-state index in [1.807, 2.05) is 12.1 Å². The third-order valence-electron chi connectivity index (χ3n) is 1.64. The lowest BCUT2D eigenvalue weighted by Crippen LogP contribution is -1.86. The summed E-state index contributed by atoms with van der Waals surface area (Å²) in [5.74, 6) is 0. The van der Waals surface area contributed by atoms with E-state index in [0.717, 1.165) is 10.0 Å². The Balaban J connectivity index is 2.57. The molecule has 0 aliphatic carbocycles. The van der Waals surface area contributed by atoms with Crippen molar-refractivity contribution in [3.8, 4) is 11.3 Å². The van der Waals surface area contributed by atoms with Gasteiger partial charge in [0, 0.05) is 10.0 Å². The smallest absolute Gasteiger partial charge is 0.149 e. The summed E-state index contributed by atoms with van der Waals surface area (Å²) < 4.78 is 16.2. The minimum atomic E-state index is -0.102. The first-order valence-electron chi connectivity index (χ1n) is 4.85. The molecule has 0 aliphatic heterocycles. The van der Waals surface area contributed by atoms with E-state index >= 15 is 0 Å². The van der Waals surface area contributed by atoms with Crippen molar-refractivity contribution >= 4 is 27.5 Å². The number of hydrogen-bond acceptors (Lipinski definition) is 2. The van der Waals surface area contributed by atoms with E-state index in [-0.39, 0.29) is 17.2 Å². The highest BCUT2D eigenvalue weighted by Gasteiger charge is 1.99. The summed E-state index contributed by atoms with van der Waals surface area (Å²) in [4.78, 5) is 0. The Hall–Kier alpha value is -0.930. The Kier molecular flexibility index (Phi) is 2.14. The Morgan fingerprint density at radius 2 is 1.86 bits per heavy atom. The fraction of sp³-hybridized carbons (Fsp3) is 0. The monoisotopic (exact) mass is 270 g/mol. The molecule has 0 saturated heterocycles. The van der Waals surface area contributed by atoms with Gasteiger partial charge in [-0.1, -0.05) is 39.7 Å². The molecular formula is C10H6BrClN2. The van der Waals surface area contributed by atoms with Gasteiger partial charge in [0.1, 0.15) is 0 Å². The molecule has 2 aromatic rings. The molecule has 0 saturated carbocycles. The van der Waals surface area contributed by atoms with E-state index in [0.29, 0.717) is 5.69 Å². The summed E-state index contributed by atoms with van der Waals surface area (Å²) in [6.45, 7) is 0. The van der Waals surface area contributed by atoms with Gasteiger partial charge in [0.05, 0.1) is 8.44 Å². The van der Waals surface area contributed by atoms with Crippen molar-refractivity contribution in [1.82, 2.24) is 10.2 Å². The molecule has 1 heterocycles. The van der Waals surface area contributed by atoms with E-state index in [1.165, 1.54) is 0 Å². The van der Waals surface area contributed by atoms with Crippen molar-refractivity contribution in [1.29, 1.82) is 0 Å². The van der Waals surface area contributed by atoms with Gasteiger partial charge in [0.25, 0.3) is 0 Å². The molecule has 0 atom stereocenters. The molecule has 0 aliphatic rings. The highest BCUT2D eigenvalue weighted by molar-refractivity contribution is 9.10. The largest absolute Gasteiger partial charge is 0.151 e. The molecule has 2 nitrogen and oxygen atoms in total. The molecule has 0 unspecified atom stereocenters. The molecular weight excluding hydrogens is 263 g/mol. The van der Waals surface area contributed by atoms with E-state index in [2.05, 4.69) is 26.1 Å². The molecule has 0 N–H and O–H groups in total. The highest BCUT2D eigenvalue weighted by Crippen LogP contribution is 2.19. The summed E-state index contributed by atoms with van der Waals surface area (Å²) >= 11 is 8.93. The number of hydrogen-bond donors (Lipinski definition) is 0. The van der Waals surface area contributed by atoms with E-state index in [1.54, 1.807) is 12.1 Å². The molecule has 0 amide bonds. The average Bonchev–Trinajstić information content (AvgIpc) is 2.28. The molecule has 0 radical (unpaired) electrons. The molecule has 70 valence electrons. The quantitative estimate of drug-likeness (QED) is 0.792. The van der Waals surface area contributed by atoms with Crippen LogP contribution in [0.15, 0.2) is 40.8 Å². The Morgan fingerprint density at radius 1 is 1.14 bits per heavy atom. The van der Waals surface area contributed by atoms with Crippen molar-refractivity contribution in [2.45, 2.75) is 0 Å². The van der Waals surface area contributed by atoms with Crippen molar-refractivity contribution in [3.63, 3.8) is 0 Å². The summed E-state index contributed by atoms with van der Waals surface area (Å²) in [6, 6.07) is 7.18. The van der Waals surface area contributed by atoms with E-state index in [4.69, 9.17) is 14.3 Å². The van der Waals surface area contributed by atoms with Gasteiger partial charge in [0.15, 0.2) is 5.15 Å². The van der Waals surface area contributed by atoms with Crippen LogP contribution < -0.4 is 0 Å². The normalized spacial score (nSPS) is 12.1. The summed E-state index contributed by atoms with van der Waals surface area (Å²) in [5.41, 5.74) is 1.10. The van der Waals surface area contributed by atoms with Crippen LogP contribution in [0, 0.1) is 0 Å². The van der Waals surface area contributed by atoms with Crippen molar-refractivity contribution in [2.24, 2.45) is 0 Å². The summed E-state index contributed by atoms with van der Waals surface area (Å²) in [6.07, 6.45) is 0. The third kappa shape index (κ3) is 2.11. The second-order valence-electron chi connectivity index (χ2n) is 2.60. The van der Waals surface area contributed by atoms with Gasteiger partial charge >= 0.3 is 0 Å². The fourth-order valence-electron chi connectivity index (χ4n) is 0.992. The molecule has 1 aromatic heterocycles. The number of aromatic nitrogens is 2. The van der Waals surface area contributed by atoms with Crippen LogP contribution in [0.1, 0.15) is 2.74 Å². The zero-order valence-electron chi connectivity index (χ0n) is 8.96. The van der Waals surface area contributed by atoms with E-state index in [9.17, 15) is 0 Å². The maximum atomic E-state index is 7.74. The summed E-state index contributed by atoms with van der Waals surface area (Å²) in [5, 5.41) is 7.42. The van der Waals surface area contributed by atoms with Crippen LogP contribution in [0.3, 0.4) is 0 Å². The van der Waals surface area contributed by atoms with Gasteiger partial charge in [-0.2, -0.15) is 0 Å². The molecule has 0 bridgehead atoms. The lowest BCUT2D eigenvalue weighted by molar-refractivity contribution is 1.04. The standard InChI is InChI=1S/C10H6BrClN2/c11-8-3-1-7(2-4-8)9-5-6-10(12)14-13-9/h1-6H/i5D,6D. The number of rotatable bonds is 1. The van der Waals surface area contributed by atoms with Crippen LogP contribution in [0.2, 0.25) is 5.15 Å². The first-order valence-corrected chi connectivity index (χ1v) is 5.02. The predicted octanol–water partition coefficient (Wildman–Crippen LogP) is 3.56. The first-order chi connectivity index (χ1) is 7.59. The Labute approximate surface area is 97.9 Å². The zero-order chi connectivity index (χ0) is 11.7. The molecule has 2 rings (SSSR count). The lowest BCUT2D eigenvalue weighted by atomic mass is 10.1. The molecule has 14 heavy (non-hydrogen) atoms. The molecule has 4 heteroatoms. The molecule has 0 spiro atoms. The topological polar surface area (TPSA) is 25.8 Å². The van der Waals surface area contributed by atoms with E-state index < -0.39 is 0 Å². The van der Waals surface area contributed by atoms with Crippen LogP contribution in [0.5, 0.6) is 0 Å². The minimum absolute atomic E-state index is 0.0117. The van der Waals surface area contributed by atoms with Gasteiger partial charge in [0.2, 0.25) is 0 Å². The van der Waals surface area contributed by atoms with Crippen molar-refractivity contribution < 1.29 is 2.74 Å².